The fourth-order valence-corrected chi connectivity index (χ4v) is 4.65. The summed E-state index contributed by atoms with van der Waals surface area (Å²) in [5.74, 6) is 0. The van der Waals surface area contributed by atoms with Crippen LogP contribution >= 0.6 is 34.5 Å². The molecule has 0 spiro atoms. The molecule has 0 aliphatic carbocycles. The van der Waals surface area contributed by atoms with Crippen LogP contribution in [0.25, 0.3) is 0 Å². The first-order valence-corrected chi connectivity index (χ1v) is 8.03. The van der Waals surface area contributed by atoms with Crippen molar-refractivity contribution >= 4 is 44.6 Å². The summed E-state index contributed by atoms with van der Waals surface area (Å²) >= 11 is 12.5. The van der Waals surface area contributed by atoms with Crippen LogP contribution in [-0.2, 0) is 14.8 Å². The lowest BCUT2D eigenvalue weighted by Crippen LogP contribution is -2.38. The molecule has 0 saturated carbocycles. The number of sulfonamides is 1. The molecule has 0 bridgehead atoms. The Morgan fingerprint density at radius 3 is 2.67 bits per heavy atom. The Hall–Kier alpha value is 0.110. The number of aliphatic hydroxyl groups is 1. The molecule has 0 aliphatic rings. The highest BCUT2D eigenvalue weighted by molar-refractivity contribution is 7.89. The summed E-state index contributed by atoms with van der Waals surface area (Å²) in [4.78, 5) is -0.0740. The second-order valence-corrected chi connectivity index (χ2v) is 7.44. The summed E-state index contributed by atoms with van der Waals surface area (Å²) in [7, 11) is -2.28. The molecule has 0 fully saturated rings. The van der Waals surface area contributed by atoms with Crippen LogP contribution in [0, 0.1) is 0 Å². The normalized spacial score (nSPS) is 13.8. The zero-order chi connectivity index (χ0) is 13.8. The molecule has 1 aromatic rings. The number of methoxy groups -OCH3 is 1. The van der Waals surface area contributed by atoms with Crippen molar-refractivity contribution in [2.45, 2.75) is 17.4 Å². The highest BCUT2D eigenvalue weighted by atomic mass is 35.5. The van der Waals surface area contributed by atoms with E-state index in [9.17, 15) is 8.42 Å². The van der Waals surface area contributed by atoms with E-state index in [-0.39, 0.29) is 20.2 Å². The van der Waals surface area contributed by atoms with Crippen LogP contribution in [0.1, 0.15) is 6.42 Å². The molecule has 0 saturated heterocycles. The topological polar surface area (TPSA) is 75.6 Å². The molecule has 0 radical (unpaired) electrons. The van der Waals surface area contributed by atoms with Gasteiger partial charge in [0.25, 0.3) is 0 Å². The van der Waals surface area contributed by atoms with Gasteiger partial charge in [0, 0.05) is 19.8 Å². The fourth-order valence-electron chi connectivity index (χ4n) is 1.24. The van der Waals surface area contributed by atoms with Gasteiger partial charge in [0.1, 0.15) is 9.23 Å². The smallest absolute Gasteiger partial charge is 0.243 e. The molecule has 1 aromatic heterocycles. The maximum Gasteiger partial charge on any atom is 0.243 e. The Morgan fingerprint density at radius 1 is 1.56 bits per heavy atom. The number of rotatable bonds is 7. The van der Waals surface area contributed by atoms with Crippen molar-refractivity contribution in [3.63, 3.8) is 0 Å². The van der Waals surface area contributed by atoms with Gasteiger partial charge in [-0.15, -0.1) is 11.3 Å². The van der Waals surface area contributed by atoms with E-state index in [4.69, 9.17) is 33.0 Å². The van der Waals surface area contributed by atoms with Gasteiger partial charge in [0.2, 0.25) is 10.0 Å². The van der Waals surface area contributed by atoms with Crippen LogP contribution in [0.15, 0.2) is 11.0 Å². The summed E-state index contributed by atoms with van der Waals surface area (Å²) in [6.07, 6.45) is 0.363. The molecule has 0 amide bonds. The Labute approximate surface area is 120 Å². The van der Waals surface area contributed by atoms with E-state index < -0.39 is 16.1 Å². The summed E-state index contributed by atoms with van der Waals surface area (Å²) in [5.41, 5.74) is 0. The molecule has 104 valence electrons. The molecule has 2 N–H and O–H groups in total. The lowest BCUT2D eigenvalue weighted by molar-refractivity contribution is 0.166. The second-order valence-electron chi connectivity index (χ2n) is 3.47. The Morgan fingerprint density at radius 2 is 2.22 bits per heavy atom. The lowest BCUT2D eigenvalue weighted by atomic mass is 10.2. The van der Waals surface area contributed by atoms with Crippen molar-refractivity contribution in [2.75, 3.05) is 20.3 Å². The third kappa shape index (κ3) is 4.34. The van der Waals surface area contributed by atoms with Gasteiger partial charge >= 0.3 is 0 Å². The quantitative estimate of drug-likeness (QED) is 0.796. The third-order valence-corrected chi connectivity index (χ3v) is 5.40. The maximum absolute atomic E-state index is 12.0. The predicted molar refractivity (Wildman–Crippen MR) is 72.0 cm³/mol. The number of nitrogens with one attached hydrogen (secondary N) is 1. The van der Waals surface area contributed by atoms with Crippen LogP contribution in [0.5, 0.6) is 0 Å². The predicted octanol–water partition coefficient (Wildman–Crippen LogP) is 1.73. The van der Waals surface area contributed by atoms with Crippen LogP contribution in [0.4, 0.5) is 0 Å². The third-order valence-electron chi connectivity index (χ3n) is 2.13. The fraction of sp³-hybridized carbons (Fsp3) is 0.556. The van der Waals surface area contributed by atoms with E-state index in [0.717, 1.165) is 11.3 Å². The average Bonchev–Trinajstić information content (AvgIpc) is 2.64. The first-order valence-electron chi connectivity index (χ1n) is 4.97. The van der Waals surface area contributed by atoms with Crippen LogP contribution in [0.3, 0.4) is 0 Å². The SMILES string of the molecule is COCCC(CO)NS(=O)(=O)c1cc(Cl)sc1Cl. The average molecular weight is 334 g/mol. The highest BCUT2D eigenvalue weighted by Gasteiger charge is 2.24. The summed E-state index contributed by atoms with van der Waals surface area (Å²) < 4.78 is 31.6. The van der Waals surface area contributed by atoms with E-state index in [1.807, 2.05) is 0 Å². The number of thiophene rings is 1. The molecule has 1 rings (SSSR count). The van der Waals surface area contributed by atoms with Gasteiger partial charge < -0.3 is 9.84 Å². The number of ether oxygens (including phenoxy) is 1. The standard InChI is InChI=1S/C9H13Cl2NO4S2/c1-16-3-2-6(5-13)12-18(14,15)7-4-8(10)17-9(7)11/h4,6,12-13H,2-3,5H2,1H3. The molecule has 1 unspecified atom stereocenters. The van der Waals surface area contributed by atoms with Gasteiger partial charge in [0.15, 0.2) is 0 Å². The van der Waals surface area contributed by atoms with Crippen LogP contribution in [0.2, 0.25) is 8.67 Å². The molecule has 1 atom stereocenters. The minimum atomic E-state index is -3.78. The summed E-state index contributed by atoms with van der Waals surface area (Å²) in [5, 5.41) is 9.10. The number of aliphatic hydroxyl groups excluding tert-OH is 1. The minimum Gasteiger partial charge on any atom is -0.395 e. The molecule has 0 aromatic carbocycles. The monoisotopic (exact) mass is 333 g/mol. The van der Waals surface area contributed by atoms with E-state index >= 15 is 0 Å². The van der Waals surface area contributed by atoms with Crippen molar-refractivity contribution in [1.82, 2.24) is 4.72 Å². The van der Waals surface area contributed by atoms with Gasteiger partial charge in [-0.2, -0.15) is 0 Å². The molecular formula is C9H13Cl2NO4S2. The number of halogens is 2. The summed E-state index contributed by atoms with van der Waals surface area (Å²) in [6.45, 7) is 0.0178. The Bertz CT molecular complexity index is 489. The van der Waals surface area contributed by atoms with E-state index in [2.05, 4.69) is 4.72 Å². The van der Waals surface area contributed by atoms with Crippen molar-refractivity contribution in [3.05, 3.63) is 14.7 Å². The van der Waals surface area contributed by atoms with Gasteiger partial charge in [-0.3, -0.25) is 0 Å². The molecule has 18 heavy (non-hydrogen) atoms. The van der Waals surface area contributed by atoms with Crippen molar-refractivity contribution in [3.8, 4) is 0 Å². The molecule has 9 heteroatoms. The van der Waals surface area contributed by atoms with E-state index in [0.29, 0.717) is 13.0 Å². The molecular weight excluding hydrogens is 321 g/mol. The van der Waals surface area contributed by atoms with Gasteiger partial charge in [0.05, 0.1) is 10.9 Å². The molecule has 0 aliphatic heterocycles. The van der Waals surface area contributed by atoms with E-state index in [1.165, 1.54) is 13.2 Å². The second kappa shape index (κ2) is 7.04. The lowest BCUT2D eigenvalue weighted by Gasteiger charge is -2.15. The van der Waals surface area contributed by atoms with Crippen molar-refractivity contribution < 1.29 is 18.3 Å². The zero-order valence-electron chi connectivity index (χ0n) is 9.52. The molecule has 1 heterocycles. The van der Waals surface area contributed by atoms with Gasteiger partial charge in [-0.25, -0.2) is 13.1 Å². The van der Waals surface area contributed by atoms with Crippen LogP contribution < -0.4 is 4.72 Å². The maximum atomic E-state index is 12.0. The van der Waals surface area contributed by atoms with E-state index in [1.54, 1.807) is 0 Å². The first kappa shape index (κ1) is 16.2. The summed E-state index contributed by atoms with van der Waals surface area (Å²) in [6, 6.07) is 0.659. The minimum absolute atomic E-state index is 0.0740. The van der Waals surface area contributed by atoms with Crippen molar-refractivity contribution in [1.29, 1.82) is 0 Å². The molecule has 5 nitrogen and oxygen atoms in total. The number of hydrogen-bond acceptors (Lipinski definition) is 5. The number of hydrogen-bond donors (Lipinski definition) is 2. The Kier molecular flexibility index (Phi) is 6.32. The largest absolute Gasteiger partial charge is 0.395 e. The first-order chi connectivity index (χ1) is 8.40. The Balaban J connectivity index is 2.83. The van der Waals surface area contributed by atoms with Crippen LogP contribution in [-0.4, -0.2) is 39.9 Å². The zero-order valence-corrected chi connectivity index (χ0v) is 12.7. The van der Waals surface area contributed by atoms with Crippen molar-refractivity contribution in [2.24, 2.45) is 0 Å². The van der Waals surface area contributed by atoms with Gasteiger partial charge in [-0.05, 0) is 12.5 Å². The highest BCUT2D eigenvalue weighted by Crippen LogP contribution is 2.34. The van der Waals surface area contributed by atoms with Gasteiger partial charge in [-0.1, -0.05) is 23.2 Å².